The Bertz CT molecular complexity index is 385. The van der Waals surface area contributed by atoms with Gasteiger partial charge in [-0.2, -0.15) is 0 Å². The molecule has 0 spiro atoms. The summed E-state index contributed by atoms with van der Waals surface area (Å²) in [6.45, 7) is 0. The van der Waals surface area contributed by atoms with E-state index < -0.39 is 0 Å². The third-order valence-corrected chi connectivity index (χ3v) is 4.27. The van der Waals surface area contributed by atoms with Crippen LogP contribution < -0.4 is 5.32 Å². The molecule has 2 rings (SSSR count). The molecule has 1 fully saturated rings. The van der Waals surface area contributed by atoms with Gasteiger partial charge < -0.3 is 5.32 Å². The van der Waals surface area contributed by atoms with Crippen molar-refractivity contribution in [1.82, 2.24) is 5.32 Å². The third-order valence-electron chi connectivity index (χ3n) is 3.10. The number of rotatable bonds is 2. The molecule has 1 aromatic carbocycles. The Kier molecular flexibility index (Phi) is 4.46. The largest absolute Gasteiger partial charge is 0.349 e. The van der Waals surface area contributed by atoms with Gasteiger partial charge in [0.25, 0.3) is 5.91 Å². The Hall–Kier alpha value is -0.540. The number of halogens is 2. The first-order valence-corrected chi connectivity index (χ1v) is 7.15. The molecule has 4 heteroatoms. The molecule has 1 aliphatic rings. The van der Waals surface area contributed by atoms with Gasteiger partial charge >= 0.3 is 0 Å². The van der Waals surface area contributed by atoms with Crippen molar-refractivity contribution in [3.63, 3.8) is 0 Å². The summed E-state index contributed by atoms with van der Waals surface area (Å²) in [5.74, 6) is -0.000288. The molecule has 0 aromatic heterocycles. The van der Waals surface area contributed by atoms with Gasteiger partial charge in [0.15, 0.2) is 0 Å². The molecule has 1 amide bonds. The Labute approximate surface area is 115 Å². The molecule has 1 saturated carbocycles. The highest BCUT2D eigenvalue weighted by molar-refractivity contribution is 9.09. The van der Waals surface area contributed by atoms with Crippen molar-refractivity contribution in [3.05, 3.63) is 34.9 Å². The van der Waals surface area contributed by atoms with E-state index in [-0.39, 0.29) is 5.91 Å². The number of carbonyl (C=O) groups is 1. The summed E-state index contributed by atoms with van der Waals surface area (Å²) >= 11 is 9.39. The number of hydrogen-bond donors (Lipinski definition) is 1. The second-order valence-electron chi connectivity index (χ2n) is 4.43. The maximum Gasteiger partial charge on any atom is 0.251 e. The van der Waals surface area contributed by atoms with Crippen LogP contribution in [0, 0.1) is 0 Å². The van der Waals surface area contributed by atoms with E-state index in [4.69, 9.17) is 11.6 Å². The fraction of sp³-hybridized carbons (Fsp3) is 0.462. The average molecular weight is 317 g/mol. The molecule has 0 aliphatic heterocycles. The Balaban J connectivity index is 1.91. The zero-order valence-corrected chi connectivity index (χ0v) is 11.8. The van der Waals surface area contributed by atoms with Gasteiger partial charge in [-0.15, -0.1) is 0 Å². The van der Waals surface area contributed by atoms with Gasteiger partial charge in [0.05, 0.1) is 0 Å². The lowest BCUT2D eigenvalue weighted by molar-refractivity contribution is 0.0928. The first-order valence-electron chi connectivity index (χ1n) is 5.85. The molecule has 0 radical (unpaired) electrons. The van der Waals surface area contributed by atoms with Crippen molar-refractivity contribution in [1.29, 1.82) is 0 Å². The summed E-state index contributed by atoms with van der Waals surface area (Å²) in [5.41, 5.74) is 0.676. The van der Waals surface area contributed by atoms with Crippen molar-refractivity contribution in [2.24, 2.45) is 0 Å². The quantitative estimate of drug-likeness (QED) is 0.827. The van der Waals surface area contributed by atoms with E-state index in [1.807, 2.05) is 0 Å². The monoisotopic (exact) mass is 315 g/mol. The van der Waals surface area contributed by atoms with E-state index in [1.54, 1.807) is 24.3 Å². The lowest BCUT2D eigenvalue weighted by Gasteiger charge is -2.26. The van der Waals surface area contributed by atoms with Gasteiger partial charge in [-0.05, 0) is 49.9 Å². The summed E-state index contributed by atoms with van der Waals surface area (Å²) in [7, 11) is 0. The lowest BCUT2D eigenvalue weighted by atomic mass is 9.95. The predicted molar refractivity (Wildman–Crippen MR) is 73.9 cm³/mol. The second kappa shape index (κ2) is 5.87. The molecule has 1 N–H and O–H groups in total. The Morgan fingerprint density at radius 3 is 2.35 bits per heavy atom. The zero-order chi connectivity index (χ0) is 12.3. The smallest absolute Gasteiger partial charge is 0.251 e. The summed E-state index contributed by atoms with van der Waals surface area (Å²) in [5, 5.41) is 3.73. The zero-order valence-electron chi connectivity index (χ0n) is 9.46. The van der Waals surface area contributed by atoms with Gasteiger partial charge in [-0.3, -0.25) is 4.79 Å². The number of nitrogens with one attached hydrogen (secondary N) is 1. The van der Waals surface area contributed by atoms with E-state index in [1.165, 1.54) is 0 Å². The maximum atomic E-state index is 11.9. The highest BCUT2D eigenvalue weighted by Crippen LogP contribution is 2.24. The van der Waals surface area contributed by atoms with Crippen molar-refractivity contribution in [2.75, 3.05) is 0 Å². The van der Waals surface area contributed by atoms with Crippen molar-refractivity contribution >= 4 is 33.4 Å². The van der Waals surface area contributed by atoms with Crippen LogP contribution in [0.5, 0.6) is 0 Å². The standard InChI is InChI=1S/C13H15BrClNO/c14-10-3-7-12(8-4-10)16-13(17)9-1-5-11(15)6-2-9/h1-2,5-6,10,12H,3-4,7-8H2,(H,16,17). The first-order chi connectivity index (χ1) is 8.15. The first kappa shape index (κ1) is 12.9. The third kappa shape index (κ3) is 3.71. The molecule has 1 aliphatic carbocycles. The van der Waals surface area contributed by atoms with Gasteiger partial charge in [0.2, 0.25) is 0 Å². The minimum absolute atomic E-state index is 0.000288. The molecular weight excluding hydrogens is 302 g/mol. The summed E-state index contributed by atoms with van der Waals surface area (Å²) < 4.78 is 0. The second-order valence-corrected chi connectivity index (χ2v) is 6.16. The molecule has 0 bridgehead atoms. The number of alkyl halides is 1. The minimum atomic E-state index is -0.000288. The number of benzene rings is 1. The molecule has 0 atom stereocenters. The minimum Gasteiger partial charge on any atom is -0.349 e. The normalized spacial score (nSPS) is 24.4. The van der Waals surface area contributed by atoms with Crippen LogP contribution in [0.2, 0.25) is 5.02 Å². The number of hydrogen-bond acceptors (Lipinski definition) is 1. The topological polar surface area (TPSA) is 29.1 Å². The van der Waals surface area contributed by atoms with E-state index in [0.717, 1.165) is 25.7 Å². The maximum absolute atomic E-state index is 11.9. The lowest BCUT2D eigenvalue weighted by Crippen LogP contribution is -2.37. The van der Waals surface area contributed by atoms with Crippen LogP contribution in [0.15, 0.2) is 24.3 Å². The van der Waals surface area contributed by atoms with Crippen LogP contribution in [0.3, 0.4) is 0 Å². The van der Waals surface area contributed by atoms with Crippen LogP contribution in [-0.4, -0.2) is 16.8 Å². The SMILES string of the molecule is O=C(NC1CCC(Br)CC1)c1ccc(Cl)cc1. The summed E-state index contributed by atoms with van der Waals surface area (Å²) in [6, 6.07) is 7.31. The van der Waals surface area contributed by atoms with Crippen molar-refractivity contribution < 1.29 is 4.79 Å². The van der Waals surface area contributed by atoms with Crippen LogP contribution in [0.1, 0.15) is 36.0 Å². The van der Waals surface area contributed by atoms with Crippen LogP contribution in [-0.2, 0) is 0 Å². The molecule has 2 nitrogen and oxygen atoms in total. The average Bonchev–Trinajstić information content (AvgIpc) is 2.33. The van der Waals surface area contributed by atoms with Crippen molar-refractivity contribution in [3.8, 4) is 0 Å². The number of carbonyl (C=O) groups excluding carboxylic acids is 1. The van der Waals surface area contributed by atoms with Crippen LogP contribution in [0.25, 0.3) is 0 Å². The molecule has 0 heterocycles. The van der Waals surface area contributed by atoms with Gasteiger partial charge in [0, 0.05) is 21.5 Å². The van der Waals surface area contributed by atoms with E-state index in [9.17, 15) is 4.79 Å². The molecule has 0 saturated heterocycles. The fourth-order valence-corrected chi connectivity index (χ4v) is 2.72. The van der Waals surface area contributed by atoms with E-state index in [0.29, 0.717) is 21.5 Å². The van der Waals surface area contributed by atoms with Gasteiger partial charge in [-0.25, -0.2) is 0 Å². The van der Waals surface area contributed by atoms with Gasteiger partial charge in [-0.1, -0.05) is 27.5 Å². The van der Waals surface area contributed by atoms with E-state index >= 15 is 0 Å². The van der Waals surface area contributed by atoms with Crippen molar-refractivity contribution in [2.45, 2.75) is 36.6 Å². The van der Waals surface area contributed by atoms with Crippen LogP contribution in [0.4, 0.5) is 0 Å². The van der Waals surface area contributed by atoms with E-state index in [2.05, 4.69) is 21.2 Å². The fourth-order valence-electron chi connectivity index (χ4n) is 2.07. The number of amides is 1. The molecule has 92 valence electrons. The Morgan fingerprint density at radius 1 is 1.18 bits per heavy atom. The summed E-state index contributed by atoms with van der Waals surface area (Å²) in [4.78, 5) is 12.6. The Morgan fingerprint density at radius 2 is 1.76 bits per heavy atom. The van der Waals surface area contributed by atoms with Crippen LogP contribution >= 0.6 is 27.5 Å². The predicted octanol–water partition coefficient (Wildman–Crippen LogP) is 3.78. The highest BCUT2D eigenvalue weighted by atomic mass is 79.9. The molecular formula is C13H15BrClNO. The molecule has 17 heavy (non-hydrogen) atoms. The summed E-state index contributed by atoms with van der Waals surface area (Å²) in [6.07, 6.45) is 4.36. The molecule has 1 aromatic rings. The molecule has 0 unspecified atom stereocenters. The van der Waals surface area contributed by atoms with Gasteiger partial charge in [0.1, 0.15) is 0 Å². The highest BCUT2D eigenvalue weighted by Gasteiger charge is 2.20.